The molecule has 3 heterocycles. The van der Waals surface area contributed by atoms with Crippen molar-refractivity contribution in [1.29, 1.82) is 10.8 Å². The Bertz CT molecular complexity index is 1130. The van der Waals surface area contributed by atoms with E-state index in [1.165, 1.54) is 30.0 Å². The molecule has 0 radical (unpaired) electrons. The molecule has 3 aromatic heterocycles. The van der Waals surface area contributed by atoms with Crippen molar-refractivity contribution in [2.45, 2.75) is 13.8 Å². The molecule has 28 heavy (non-hydrogen) atoms. The topological polar surface area (TPSA) is 117 Å². The number of hydrogen-bond acceptors (Lipinski definition) is 6. The minimum Gasteiger partial charge on any atom is -0.454 e. The summed E-state index contributed by atoms with van der Waals surface area (Å²) in [4.78, 5) is 20.6. The lowest BCUT2D eigenvalue weighted by Crippen LogP contribution is -2.32. The maximum atomic E-state index is 13.3. The molecule has 1 amide bonds. The highest BCUT2D eigenvalue weighted by molar-refractivity contribution is 6.04. The predicted octanol–water partition coefficient (Wildman–Crippen LogP) is 3.09. The van der Waals surface area contributed by atoms with Gasteiger partial charge in [0, 0.05) is 11.8 Å². The first kappa shape index (κ1) is 18.9. The van der Waals surface area contributed by atoms with E-state index >= 15 is 0 Å². The highest BCUT2D eigenvalue weighted by Crippen LogP contribution is 2.21. The molecule has 0 saturated heterocycles. The molecular weight excluding hydrogens is 363 g/mol. The second kappa shape index (κ2) is 7.78. The van der Waals surface area contributed by atoms with Gasteiger partial charge in [-0.3, -0.25) is 25.2 Å². The van der Waals surface area contributed by atoms with E-state index in [1.807, 2.05) is 0 Å². The number of nitrogens with zero attached hydrogens (tertiary/aromatic N) is 3. The number of amides is 1. The number of carbonyl (C=O) groups excluding carboxylic acids is 1. The zero-order valence-corrected chi connectivity index (χ0v) is 15.2. The smallest absolute Gasteiger partial charge is 0.260 e. The Kier molecular flexibility index (Phi) is 5.25. The minimum absolute atomic E-state index is 0.00977. The number of aryl methyl sites for hydroxylation is 1. The number of ether oxygens (including phenoxy) is 1. The van der Waals surface area contributed by atoms with Crippen LogP contribution in [0.4, 0.5) is 10.2 Å². The summed E-state index contributed by atoms with van der Waals surface area (Å²) < 4.78 is 20.1. The van der Waals surface area contributed by atoms with Gasteiger partial charge in [-0.2, -0.15) is 0 Å². The van der Waals surface area contributed by atoms with Crippen LogP contribution in [-0.4, -0.2) is 26.3 Å². The Morgan fingerprint density at radius 3 is 2.71 bits per heavy atom. The van der Waals surface area contributed by atoms with Gasteiger partial charge in [-0.1, -0.05) is 6.07 Å². The van der Waals surface area contributed by atoms with Crippen molar-refractivity contribution in [3.63, 3.8) is 0 Å². The molecule has 0 saturated carbocycles. The van der Waals surface area contributed by atoms with Crippen molar-refractivity contribution in [3.05, 3.63) is 71.5 Å². The second-order valence-electron chi connectivity index (χ2n) is 5.95. The standard InChI is InChI=1S/C19H17FN6O2/c1-11-4-3-5-17(24-11)25-19(27)16-7-15(10-26(12(2)21)18(16)22)28-14-6-13(20)8-23-9-14/h3-10,21-22H,1-2H3,(H,24,25,27). The third kappa shape index (κ3) is 4.26. The lowest BCUT2D eigenvalue weighted by atomic mass is 10.2. The van der Waals surface area contributed by atoms with Gasteiger partial charge in [0.25, 0.3) is 5.91 Å². The molecule has 142 valence electrons. The molecule has 0 atom stereocenters. The van der Waals surface area contributed by atoms with Crippen molar-refractivity contribution < 1.29 is 13.9 Å². The lowest BCUT2D eigenvalue weighted by Gasteiger charge is -2.13. The number of hydrogen-bond donors (Lipinski definition) is 3. The largest absolute Gasteiger partial charge is 0.454 e. The molecule has 9 heteroatoms. The number of anilines is 1. The number of halogens is 1. The first-order valence-corrected chi connectivity index (χ1v) is 8.24. The third-order valence-electron chi connectivity index (χ3n) is 3.69. The van der Waals surface area contributed by atoms with Gasteiger partial charge in [0.15, 0.2) is 0 Å². The van der Waals surface area contributed by atoms with Gasteiger partial charge in [0.2, 0.25) is 0 Å². The monoisotopic (exact) mass is 380 g/mol. The Morgan fingerprint density at radius 1 is 1.25 bits per heavy atom. The Labute approximate surface area is 159 Å². The Balaban J connectivity index is 1.99. The summed E-state index contributed by atoms with van der Waals surface area (Å²) in [7, 11) is 0. The Hall–Kier alpha value is -3.88. The lowest BCUT2D eigenvalue weighted by molar-refractivity contribution is 0.102. The van der Waals surface area contributed by atoms with Crippen molar-refractivity contribution in [2.75, 3.05) is 5.32 Å². The molecule has 0 unspecified atom stereocenters. The van der Waals surface area contributed by atoms with Crippen molar-refractivity contribution >= 4 is 17.6 Å². The number of aromatic nitrogens is 3. The summed E-state index contributed by atoms with van der Waals surface area (Å²) in [6, 6.07) is 7.65. The number of carbonyl (C=O) groups is 1. The fraction of sp³-hybridized carbons (Fsp3) is 0.105. The van der Waals surface area contributed by atoms with E-state index in [9.17, 15) is 9.18 Å². The molecular formula is C19H17FN6O2. The van der Waals surface area contributed by atoms with Gasteiger partial charge < -0.3 is 10.1 Å². The van der Waals surface area contributed by atoms with Crippen LogP contribution in [0.5, 0.6) is 11.5 Å². The molecule has 0 spiro atoms. The SMILES string of the molecule is CC(=N)n1cc(Oc2cncc(F)c2)cc(C(=O)Nc2cccc(C)n2)c1=N. The molecule has 0 fully saturated rings. The van der Waals surface area contributed by atoms with Crippen molar-refractivity contribution in [1.82, 2.24) is 14.5 Å². The summed E-state index contributed by atoms with van der Waals surface area (Å²) in [6.07, 6.45) is 3.72. The molecule has 0 aliphatic rings. The fourth-order valence-electron chi connectivity index (χ4n) is 2.44. The average molecular weight is 380 g/mol. The van der Waals surface area contributed by atoms with Crippen LogP contribution in [0, 0.1) is 23.6 Å². The quantitative estimate of drug-likeness (QED) is 0.476. The molecule has 3 N–H and O–H groups in total. The molecule has 0 aliphatic heterocycles. The second-order valence-corrected chi connectivity index (χ2v) is 5.95. The number of nitrogens with one attached hydrogen (secondary N) is 3. The van der Waals surface area contributed by atoms with Crippen molar-refractivity contribution in [3.8, 4) is 11.5 Å². The first-order chi connectivity index (χ1) is 13.3. The van der Waals surface area contributed by atoms with Crippen LogP contribution in [0.3, 0.4) is 0 Å². The summed E-state index contributed by atoms with van der Waals surface area (Å²) in [5.74, 6) is -0.537. The molecule has 0 aliphatic carbocycles. The van der Waals surface area contributed by atoms with E-state index < -0.39 is 11.7 Å². The van der Waals surface area contributed by atoms with Crippen molar-refractivity contribution in [2.24, 2.45) is 0 Å². The third-order valence-corrected chi connectivity index (χ3v) is 3.69. The van der Waals surface area contributed by atoms with Gasteiger partial charge in [0.1, 0.15) is 34.5 Å². The highest BCUT2D eigenvalue weighted by atomic mass is 19.1. The zero-order chi connectivity index (χ0) is 20.3. The van der Waals surface area contributed by atoms with Gasteiger partial charge in [0.05, 0.1) is 24.2 Å². The fourth-order valence-corrected chi connectivity index (χ4v) is 2.44. The van der Waals surface area contributed by atoms with Crippen LogP contribution in [0.25, 0.3) is 0 Å². The molecule has 0 bridgehead atoms. The van der Waals surface area contributed by atoms with Crippen LogP contribution < -0.4 is 15.5 Å². The zero-order valence-electron chi connectivity index (χ0n) is 15.2. The minimum atomic E-state index is -0.582. The molecule has 0 aromatic carbocycles. The van der Waals surface area contributed by atoms with E-state index in [0.717, 1.165) is 18.0 Å². The van der Waals surface area contributed by atoms with E-state index in [0.29, 0.717) is 5.82 Å². The normalized spacial score (nSPS) is 10.4. The van der Waals surface area contributed by atoms with Gasteiger partial charge in [-0.05, 0) is 32.0 Å². The van der Waals surface area contributed by atoms with Crippen LogP contribution >= 0.6 is 0 Å². The molecule has 3 rings (SSSR count). The van der Waals surface area contributed by atoms with Crippen LogP contribution in [0.2, 0.25) is 0 Å². The molecule has 3 aromatic rings. The summed E-state index contributed by atoms with van der Waals surface area (Å²) in [5.41, 5.74) is 0.504. The van der Waals surface area contributed by atoms with Gasteiger partial charge in [-0.25, -0.2) is 9.37 Å². The van der Waals surface area contributed by atoms with E-state index in [1.54, 1.807) is 25.1 Å². The average Bonchev–Trinajstić information content (AvgIpc) is 2.62. The summed E-state index contributed by atoms with van der Waals surface area (Å²) in [6.45, 7) is 3.26. The van der Waals surface area contributed by atoms with E-state index in [2.05, 4.69) is 15.3 Å². The maximum absolute atomic E-state index is 13.3. The first-order valence-electron chi connectivity index (χ1n) is 8.24. The van der Waals surface area contributed by atoms with Gasteiger partial charge in [-0.15, -0.1) is 0 Å². The van der Waals surface area contributed by atoms with E-state index in [-0.39, 0.29) is 28.4 Å². The van der Waals surface area contributed by atoms with E-state index in [4.69, 9.17) is 15.6 Å². The molecule has 8 nitrogen and oxygen atoms in total. The Morgan fingerprint density at radius 2 is 2.04 bits per heavy atom. The van der Waals surface area contributed by atoms with Crippen LogP contribution in [0.1, 0.15) is 23.0 Å². The number of rotatable bonds is 4. The summed E-state index contributed by atoms with van der Waals surface area (Å²) in [5, 5.41) is 18.7. The number of pyridine rings is 3. The predicted molar refractivity (Wildman–Crippen MR) is 100 cm³/mol. The van der Waals surface area contributed by atoms with Gasteiger partial charge >= 0.3 is 0 Å². The summed E-state index contributed by atoms with van der Waals surface area (Å²) >= 11 is 0. The maximum Gasteiger partial charge on any atom is 0.260 e. The van der Waals surface area contributed by atoms with Crippen LogP contribution in [-0.2, 0) is 0 Å². The van der Waals surface area contributed by atoms with Crippen LogP contribution in [0.15, 0.2) is 48.9 Å². The highest BCUT2D eigenvalue weighted by Gasteiger charge is 2.15.